The van der Waals surface area contributed by atoms with Crippen molar-refractivity contribution in [3.05, 3.63) is 28.2 Å². The molecule has 1 fully saturated rings. The summed E-state index contributed by atoms with van der Waals surface area (Å²) in [5, 5.41) is 3.31. The van der Waals surface area contributed by atoms with Crippen LogP contribution >= 0.6 is 15.9 Å². The predicted octanol–water partition coefficient (Wildman–Crippen LogP) is 2.75. The Hall–Kier alpha value is -0.540. The Labute approximate surface area is 99.1 Å². The topological polar surface area (TPSA) is 21.3 Å². The van der Waals surface area contributed by atoms with E-state index in [0.29, 0.717) is 6.10 Å². The second-order valence-electron chi connectivity index (χ2n) is 3.84. The molecule has 1 aliphatic heterocycles. The first-order chi connectivity index (χ1) is 7.29. The quantitative estimate of drug-likeness (QED) is 0.911. The highest BCUT2D eigenvalue weighted by molar-refractivity contribution is 9.10. The van der Waals surface area contributed by atoms with Gasteiger partial charge in [0.05, 0.1) is 0 Å². The minimum atomic E-state index is 0.344. The summed E-state index contributed by atoms with van der Waals surface area (Å²) in [5.41, 5.74) is 1.27. The molecule has 1 heterocycles. The molecule has 0 aliphatic carbocycles. The van der Waals surface area contributed by atoms with Crippen LogP contribution in [0.2, 0.25) is 0 Å². The molecule has 0 spiro atoms. The third kappa shape index (κ3) is 2.73. The van der Waals surface area contributed by atoms with Crippen LogP contribution in [0.3, 0.4) is 0 Å². The summed E-state index contributed by atoms with van der Waals surface area (Å²) in [5.74, 6) is 1.04. The monoisotopic (exact) mass is 269 g/mol. The lowest BCUT2D eigenvalue weighted by Gasteiger charge is -2.15. The number of nitrogens with one attached hydrogen (secondary N) is 1. The number of aryl methyl sites for hydroxylation is 1. The Bertz CT molecular complexity index is 334. The van der Waals surface area contributed by atoms with Crippen molar-refractivity contribution in [1.29, 1.82) is 0 Å². The van der Waals surface area contributed by atoms with Crippen LogP contribution in [-0.2, 0) is 6.42 Å². The third-order valence-electron chi connectivity index (χ3n) is 2.71. The molecule has 1 atom stereocenters. The zero-order valence-electron chi connectivity index (χ0n) is 8.92. The first-order valence-corrected chi connectivity index (χ1v) is 6.24. The molecule has 3 heteroatoms. The Kier molecular flexibility index (Phi) is 3.65. The molecule has 82 valence electrons. The fraction of sp³-hybridized carbons (Fsp3) is 0.500. The number of ether oxygens (including phenoxy) is 1. The number of hydrogen-bond donors (Lipinski definition) is 1. The summed E-state index contributed by atoms with van der Waals surface area (Å²) in [4.78, 5) is 0. The molecule has 0 amide bonds. The maximum absolute atomic E-state index is 5.97. The van der Waals surface area contributed by atoms with Gasteiger partial charge in [0.15, 0.2) is 0 Å². The van der Waals surface area contributed by atoms with Crippen LogP contribution in [0, 0.1) is 0 Å². The van der Waals surface area contributed by atoms with E-state index in [1.807, 2.05) is 6.07 Å². The van der Waals surface area contributed by atoms with E-state index in [4.69, 9.17) is 4.74 Å². The lowest BCUT2D eigenvalue weighted by molar-refractivity contribution is 0.221. The molecule has 1 unspecified atom stereocenters. The number of hydrogen-bond acceptors (Lipinski definition) is 2. The first-order valence-electron chi connectivity index (χ1n) is 5.45. The SMILES string of the molecule is CCc1cc(Br)ccc1OC1CCNC1. The van der Waals surface area contributed by atoms with Crippen LogP contribution < -0.4 is 10.1 Å². The van der Waals surface area contributed by atoms with Crippen molar-refractivity contribution in [2.75, 3.05) is 13.1 Å². The highest BCUT2D eigenvalue weighted by Gasteiger charge is 2.16. The molecule has 0 aromatic heterocycles. The molecule has 1 N–H and O–H groups in total. The van der Waals surface area contributed by atoms with Gasteiger partial charge in [-0.1, -0.05) is 22.9 Å². The standard InChI is InChI=1S/C12H16BrNO/c1-2-9-7-10(13)3-4-12(9)15-11-5-6-14-8-11/h3-4,7,11,14H,2,5-6,8H2,1H3. The molecule has 1 aliphatic rings. The number of rotatable bonds is 3. The molecule has 0 saturated carbocycles. The minimum absolute atomic E-state index is 0.344. The van der Waals surface area contributed by atoms with Gasteiger partial charge >= 0.3 is 0 Å². The average Bonchev–Trinajstić information content (AvgIpc) is 2.73. The lowest BCUT2D eigenvalue weighted by atomic mass is 10.1. The summed E-state index contributed by atoms with van der Waals surface area (Å²) in [6.07, 6.45) is 2.46. The molecule has 2 rings (SSSR count). The van der Waals surface area contributed by atoms with Crippen molar-refractivity contribution < 1.29 is 4.74 Å². The maximum atomic E-state index is 5.97. The molecule has 0 bridgehead atoms. The van der Waals surface area contributed by atoms with Gasteiger partial charge < -0.3 is 10.1 Å². The number of halogens is 1. The van der Waals surface area contributed by atoms with E-state index in [1.165, 1.54) is 5.56 Å². The van der Waals surface area contributed by atoms with Gasteiger partial charge in [-0.25, -0.2) is 0 Å². The van der Waals surface area contributed by atoms with E-state index < -0.39 is 0 Å². The van der Waals surface area contributed by atoms with Crippen molar-refractivity contribution in [2.24, 2.45) is 0 Å². The highest BCUT2D eigenvalue weighted by Crippen LogP contribution is 2.25. The summed E-state index contributed by atoms with van der Waals surface area (Å²) in [6.45, 7) is 4.20. The van der Waals surface area contributed by atoms with Gasteiger partial charge in [0.1, 0.15) is 11.9 Å². The van der Waals surface area contributed by atoms with E-state index >= 15 is 0 Å². The molecular formula is C12H16BrNO. The van der Waals surface area contributed by atoms with Gasteiger partial charge in [-0.2, -0.15) is 0 Å². The van der Waals surface area contributed by atoms with Crippen molar-refractivity contribution in [3.8, 4) is 5.75 Å². The van der Waals surface area contributed by atoms with Gasteiger partial charge in [0.2, 0.25) is 0 Å². The Morgan fingerprint density at radius 2 is 2.40 bits per heavy atom. The minimum Gasteiger partial charge on any atom is -0.489 e. The van der Waals surface area contributed by atoms with Crippen LogP contribution in [0.1, 0.15) is 18.9 Å². The fourth-order valence-electron chi connectivity index (χ4n) is 1.85. The maximum Gasteiger partial charge on any atom is 0.123 e. The van der Waals surface area contributed by atoms with E-state index in [1.54, 1.807) is 0 Å². The molecule has 15 heavy (non-hydrogen) atoms. The van der Waals surface area contributed by atoms with Crippen molar-refractivity contribution >= 4 is 15.9 Å². The van der Waals surface area contributed by atoms with Gasteiger partial charge in [-0.05, 0) is 43.1 Å². The predicted molar refractivity (Wildman–Crippen MR) is 65.4 cm³/mol. The summed E-state index contributed by atoms with van der Waals surface area (Å²) >= 11 is 3.48. The molecule has 0 radical (unpaired) electrons. The molecule has 1 saturated heterocycles. The zero-order valence-corrected chi connectivity index (χ0v) is 10.5. The third-order valence-corrected chi connectivity index (χ3v) is 3.21. The highest BCUT2D eigenvalue weighted by atomic mass is 79.9. The lowest BCUT2D eigenvalue weighted by Crippen LogP contribution is -2.20. The van der Waals surface area contributed by atoms with Crippen LogP contribution in [0.5, 0.6) is 5.75 Å². The van der Waals surface area contributed by atoms with E-state index in [9.17, 15) is 0 Å². The van der Waals surface area contributed by atoms with Crippen LogP contribution in [0.4, 0.5) is 0 Å². The van der Waals surface area contributed by atoms with E-state index in [-0.39, 0.29) is 0 Å². The van der Waals surface area contributed by atoms with Gasteiger partial charge in [-0.3, -0.25) is 0 Å². The molecule has 1 aromatic rings. The Morgan fingerprint density at radius 1 is 1.53 bits per heavy atom. The smallest absolute Gasteiger partial charge is 0.123 e. The van der Waals surface area contributed by atoms with Crippen molar-refractivity contribution in [1.82, 2.24) is 5.32 Å². The largest absolute Gasteiger partial charge is 0.489 e. The Balaban J connectivity index is 2.12. The zero-order chi connectivity index (χ0) is 10.7. The van der Waals surface area contributed by atoms with Gasteiger partial charge in [0, 0.05) is 11.0 Å². The summed E-state index contributed by atoms with van der Waals surface area (Å²) in [7, 11) is 0. The molecule has 1 aromatic carbocycles. The average molecular weight is 270 g/mol. The first kappa shape index (κ1) is 11.0. The normalized spacial score (nSPS) is 20.5. The van der Waals surface area contributed by atoms with Crippen LogP contribution in [0.25, 0.3) is 0 Å². The fourth-order valence-corrected chi connectivity index (χ4v) is 2.26. The second-order valence-corrected chi connectivity index (χ2v) is 4.75. The molecular weight excluding hydrogens is 254 g/mol. The van der Waals surface area contributed by atoms with Crippen molar-refractivity contribution in [3.63, 3.8) is 0 Å². The summed E-state index contributed by atoms with van der Waals surface area (Å²) < 4.78 is 7.09. The number of benzene rings is 1. The van der Waals surface area contributed by atoms with Crippen LogP contribution in [0.15, 0.2) is 22.7 Å². The van der Waals surface area contributed by atoms with Gasteiger partial charge in [-0.15, -0.1) is 0 Å². The Morgan fingerprint density at radius 3 is 3.07 bits per heavy atom. The summed E-state index contributed by atoms with van der Waals surface area (Å²) in [6, 6.07) is 6.23. The molecule has 2 nitrogen and oxygen atoms in total. The van der Waals surface area contributed by atoms with E-state index in [2.05, 4.69) is 40.3 Å². The van der Waals surface area contributed by atoms with Crippen LogP contribution in [-0.4, -0.2) is 19.2 Å². The van der Waals surface area contributed by atoms with Crippen molar-refractivity contribution in [2.45, 2.75) is 25.9 Å². The van der Waals surface area contributed by atoms with E-state index in [0.717, 1.165) is 36.2 Å². The van der Waals surface area contributed by atoms with Gasteiger partial charge in [0.25, 0.3) is 0 Å². The second kappa shape index (κ2) is 4.99.